The van der Waals surface area contributed by atoms with Crippen molar-refractivity contribution in [1.29, 1.82) is 5.26 Å². The Morgan fingerprint density at radius 2 is 2.00 bits per heavy atom. The van der Waals surface area contributed by atoms with Crippen LogP contribution in [0, 0.1) is 11.3 Å². The zero-order chi connectivity index (χ0) is 14.2. The summed E-state index contributed by atoms with van der Waals surface area (Å²) in [5.74, 6) is 0. The van der Waals surface area contributed by atoms with Gasteiger partial charge in [0.15, 0.2) is 0 Å². The molecule has 2 rings (SSSR count). The van der Waals surface area contributed by atoms with Gasteiger partial charge in [-0.1, -0.05) is 18.2 Å². The number of pyridine rings is 1. The summed E-state index contributed by atoms with van der Waals surface area (Å²) in [5, 5.41) is 21.9. The number of nitrogens with one attached hydrogen (secondary N) is 1. The first-order valence-corrected chi connectivity index (χ1v) is 6.58. The zero-order valence-corrected chi connectivity index (χ0v) is 11.2. The molecular formula is C16H17N3O. The molecule has 0 bridgehead atoms. The Balaban J connectivity index is 1.74. The van der Waals surface area contributed by atoms with Crippen molar-refractivity contribution in [3.05, 3.63) is 65.5 Å². The van der Waals surface area contributed by atoms with E-state index < -0.39 is 6.10 Å². The maximum absolute atomic E-state index is 10.0. The van der Waals surface area contributed by atoms with Crippen molar-refractivity contribution in [2.45, 2.75) is 12.5 Å². The Morgan fingerprint density at radius 3 is 2.65 bits per heavy atom. The van der Waals surface area contributed by atoms with Crippen LogP contribution in [0.2, 0.25) is 0 Å². The fourth-order valence-electron chi connectivity index (χ4n) is 1.90. The highest BCUT2D eigenvalue weighted by Crippen LogP contribution is 2.12. The van der Waals surface area contributed by atoms with Crippen LogP contribution in [0.3, 0.4) is 0 Å². The van der Waals surface area contributed by atoms with Crippen LogP contribution in [-0.4, -0.2) is 23.2 Å². The summed E-state index contributed by atoms with van der Waals surface area (Å²) in [5.41, 5.74) is 2.45. The minimum atomic E-state index is -0.563. The van der Waals surface area contributed by atoms with Crippen LogP contribution in [0.1, 0.15) is 22.9 Å². The third kappa shape index (κ3) is 4.16. The fourth-order valence-corrected chi connectivity index (χ4v) is 1.90. The fraction of sp³-hybridized carbons (Fsp3) is 0.250. The lowest BCUT2D eigenvalue weighted by Gasteiger charge is -2.12. The summed E-state index contributed by atoms with van der Waals surface area (Å²) in [4.78, 5) is 4.24. The zero-order valence-electron chi connectivity index (χ0n) is 11.2. The molecule has 0 aliphatic carbocycles. The molecule has 4 nitrogen and oxygen atoms in total. The number of nitriles is 1. The van der Waals surface area contributed by atoms with Gasteiger partial charge in [0.05, 0.1) is 17.7 Å². The number of hydrogen-bond acceptors (Lipinski definition) is 4. The lowest BCUT2D eigenvalue weighted by atomic mass is 10.1. The molecule has 4 heteroatoms. The van der Waals surface area contributed by atoms with Crippen LogP contribution in [0.25, 0.3) is 0 Å². The largest absolute Gasteiger partial charge is 0.387 e. The summed E-state index contributed by atoms with van der Waals surface area (Å²) >= 11 is 0. The average molecular weight is 267 g/mol. The van der Waals surface area contributed by atoms with Crippen LogP contribution in [0.15, 0.2) is 48.7 Å². The number of aromatic nitrogens is 1. The second kappa shape index (κ2) is 7.39. The Labute approximate surface area is 118 Å². The van der Waals surface area contributed by atoms with Crippen LogP contribution < -0.4 is 5.32 Å². The molecule has 0 saturated heterocycles. The summed E-state index contributed by atoms with van der Waals surface area (Å²) in [7, 11) is 0. The Kier molecular flexibility index (Phi) is 5.24. The number of nitrogens with zero attached hydrogens (tertiary/aromatic N) is 2. The second-order valence-electron chi connectivity index (χ2n) is 4.52. The highest BCUT2D eigenvalue weighted by molar-refractivity contribution is 5.32. The van der Waals surface area contributed by atoms with Gasteiger partial charge in [0.25, 0.3) is 0 Å². The predicted octanol–water partition coefficient (Wildman–Crippen LogP) is 1.82. The molecule has 0 aliphatic rings. The van der Waals surface area contributed by atoms with Gasteiger partial charge in [-0.25, -0.2) is 0 Å². The molecule has 1 atom stereocenters. The Hall–Kier alpha value is -2.22. The maximum atomic E-state index is 10.0. The molecule has 2 aromatic rings. The second-order valence-corrected chi connectivity index (χ2v) is 4.52. The topological polar surface area (TPSA) is 68.9 Å². The van der Waals surface area contributed by atoms with Crippen molar-refractivity contribution in [3.8, 4) is 6.07 Å². The summed E-state index contributed by atoms with van der Waals surface area (Å²) in [6, 6.07) is 14.9. The van der Waals surface area contributed by atoms with E-state index in [0.29, 0.717) is 12.1 Å². The summed E-state index contributed by atoms with van der Waals surface area (Å²) in [6.45, 7) is 1.25. The van der Waals surface area contributed by atoms with Crippen molar-refractivity contribution < 1.29 is 5.11 Å². The van der Waals surface area contributed by atoms with Crippen molar-refractivity contribution in [2.24, 2.45) is 0 Å². The molecule has 0 spiro atoms. The van der Waals surface area contributed by atoms with Crippen LogP contribution in [0.4, 0.5) is 0 Å². The van der Waals surface area contributed by atoms with E-state index in [1.807, 2.05) is 18.2 Å². The van der Waals surface area contributed by atoms with Gasteiger partial charge in [-0.05, 0) is 29.8 Å². The van der Waals surface area contributed by atoms with E-state index in [9.17, 15) is 5.11 Å². The van der Waals surface area contributed by atoms with Crippen molar-refractivity contribution >= 4 is 0 Å². The first-order chi connectivity index (χ1) is 9.79. The van der Waals surface area contributed by atoms with Crippen molar-refractivity contribution in [3.63, 3.8) is 0 Å². The Bertz CT molecular complexity index is 561. The molecule has 0 saturated carbocycles. The van der Waals surface area contributed by atoms with E-state index in [0.717, 1.165) is 24.2 Å². The number of hydrogen-bond donors (Lipinski definition) is 2. The molecule has 0 fully saturated rings. The van der Waals surface area contributed by atoms with Gasteiger partial charge in [0.1, 0.15) is 0 Å². The van der Waals surface area contributed by atoms with Gasteiger partial charge in [-0.3, -0.25) is 4.98 Å². The van der Waals surface area contributed by atoms with E-state index >= 15 is 0 Å². The number of aliphatic hydroxyl groups is 1. The molecule has 102 valence electrons. The first-order valence-electron chi connectivity index (χ1n) is 6.58. The smallest absolute Gasteiger partial charge is 0.0991 e. The SMILES string of the molecule is N#Cc1ccc(C(O)CNCCc2ccccn2)cc1. The minimum Gasteiger partial charge on any atom is -0.387 e. The van der Waals surface area contributed by atoms with Crippen molar-refractivity contribution in [1.82, 2.24) is 10.3 Å². The molecule has 0 aliphatic heterocycles. The highest BCUT2D eigenvalue weighted by atomic mass is 16.3. The van der Waals surface area contributed by atoms with Gasteiger partial charge >= 0.3 is 0 Å². The first kappa shape index (κ1) is 14.2. The van der Waals surface area contributed by atoms with Crippen LogP contribution in [-0.2, 0) is 6.42 Å². The van der Waals surface area contributed by atoms with E-state index in [1.54, 1.807) is 30.5 Å². The lowest BCUT2D eigenvalue weighted by molar-refractivity contribution is 0.175. The van der Waals surface area contributed by atoms with E-state index in [2.05, 4.69) is 16.4 Å². The van der Waals surface area contributed by atoms with Gasteiger partial charge in [0, 0.05) is 31.4 Å². The van der Waals surface area contributed by atoms with Crippen molar-refractivity contribution in [2.75, 3.05) is 13.1 Å². The molecule has 20 heavy (non-hydrogen) atoms. The normalized spacial score (nSPS) is 11.8. The van der Waals surface area contributed by atoms with E-state index in [-0.39, 0.29) is 0 Å². The van der Waals surface area contributed by atoms with Gasteiger partial charge in [0.2, 0.25) is 0 Å². The minimum absolute atomic E-state index is 0.485. The molecule has 2 N–H and O–H groups in total. The van der Waals surface area contributed by atoms with Crippen LogP contribution >= 0.6 is 0 Å². The molecule has 1 unspecified atom stereocenters. The molecule has 0 radical (unpaired) electrons. The van der Waals surface area contributed by atoms with Gasteiger partial charge in [-0.15, -0.1) is 0 Å². The standard InChI is InChI=1S/C16H17N3O/c17-11-13-4-6-14(7-5-13)16(20)12-18-10-8-15-3-1-2-9-19-15/h1-7,9,16,18,20H,8,10,12H2. The summed E-state index contributed by atoms with van der Waals surface area (Å²) in [6.07, 6.45) is 2.05. The quantitative estimate of drug-likeness (QED) is 0.783. The third-order valence-corrected chi connectivity index (χ3v) is 3.05. The molecular weight excluding hydrogens is 250 g/mol. The maximum Gasteiger partial charge on any atom is 0.0991 e. The predicted molar refractivity (Wildman–Crippen MR) is 76.9 cm³/mol. The van der Waals surface area contributed by atoms with Gasteiger partial charge < -0.3 is 10.4 Å². The summed E-state index contributed by atoms with van der Waals surface area (Å²) < 4.78 is 0. The number of aliphatic hydroxyl groups excluding tert-OH is 1. The van der Waals surface area contributed by atoms with Crippen LogP contribution in [0.5, 0.6) is 0 Å². The number of rotatable bonds is 6. The third-order valence-electron chi connectivity index (χ3n) is 3.05. The van der Waals surface area contributed by atoms with E-state index in [1.165, 1.54) is 0 Å². The molecule has 1 heterocycles. The highest BCUT2D eigenvalue weighted by Gasteiger charge is 2.06. The van der Waals surface area contributed by atoms with E-state index in [4.69, 9.17) is 5.26 Å². The average Bonchev–Trinajstić information content (AvgIpc) is 2.52. The molecule has 1 aromatic carbocycles. The Morgan fingerprint density at radius 1 is 1.20 bits per heavy atom. The monoisotopic (exact) mass is 267 g/mol. The molecule has 0 amide bonds. The molecule has 1 aromatic heterocycles. The van der Waals surface area contributed by atoms with Gasteiger partial charge in [-0.2, -0.15) is 5.26 Å². The number of benzene rings is 1. The lowest BCUT2D eigenvalue weighted by Crippen LogP contribution is -2.24.